The van der Waals surface area contributed by atoms with Crippen LogP contribution in [-0.2, 0) is 10.0 Å². The van der Waals surface area contributed by atoms with E-state index in [9.17, 15) is 13.2 Å². The number of carbonyl (C=O) groups is 1. The number of piperidine rings is 1. The number of carbonyl (C=O) groups excluding carboxylic acids is 1. The number of nitrogens with zero attached hydrogens (tertiary/aromatic N) is 3. The minimum atomic E-state index is -3.25. The topological polar surface area (TPSA) is 84.3 Å². The molecule has 26 heavy (non-hydrogen) atoms. The Balaban J connectivity index is 1.46. The third-order valence-electron chi connectivity index (χ3n) is 6.57. The van der Waals surface area contributed by atoms with Gasteiger partial charge in [0.2, 0.25) is 10.0 Å². The van der Waals surface area contributed by atoms with Crippen molar-refractivity contribution in [2.24, 2.45) is 11.3 Å². The van der Waals surface area contributed by atoms with Crippen LogP contribution in [0.15, 0.2) is 12.3 Å². The first kappa shape index (κ1) is 18.0. The summed E-state index contributed by atoms with van der Waals surface area (Å²) in [5.41, 5.74) is 0.406. The fourth-order valence-corrected chi connectivity index (χ4v) is 7.34. The molecular formula is C18H28N4O3S. The van der Waals surface area contributed by atoms with Crippen LogP contribution in [0.2, 0.25) is 0 Å². The van der Waals surface area contributed by atoms with E-state index in [0.717, 1.165) is 38.0 Å². The largest absolute Gasteiger partial charge is 0.354 e. The summed E-state index contributed by atoms with van der Waals surface area (Å²) >= 11 is 0. The summed E-state index contributed by atoms with van der Waals surface area (Å²) in [5, 5.41) is 6.91. The first-order chi connectivity index (χ1) is 12.4. The molecule has 1 atom stereocenters. The molecule has 1 aromatic heterocycles. The molecular weight excluding hydrogens is 352 g/mol. The summed E-state index contributed by atoms with van der Waals surface area (Å²) in [6.45, 7) is 1.05. The van der Waals surface area contributed by atoms with Crippen molar-refractivity contribution in [3.8, 4) is 0 Å². The third-order valence-corrected chi connectivity index (χ3v) is 8.67. The first-order valence-corrected chi connectivity index (χ1v) is 11.3. The van der Waals surface area contributed by atoms with Crippen molar-refractivity contribution in [2.45, 2.75) is 51.0 Å². The summed E-state index contributed by atoms with van der Waals surface area (Å²) < 4.78 is 29.6. The average Bonchev–Trinajstić information content (AvgIpc) is 3.36. The molecule has 3 fully saturated rings. The molecule has 0 spiro atoms. The number of hydrogen-bond donors (Lipinski definition) is 1. The molecule has 1 saturated heterocycles. The number of aromatic nitrogens is 2. The van der Waals surface area contributed by atoms with Crippen LogP contribution in [-0.4, -0.2) is 54.3 Å². The highest BCUT2D eigenvalue weighted by atomic mass is 32.2. The van der Waals surface area contributed by atoms with Gasteiger partial charge in [-0.3, -0.25) is 9.48 Å². The fraction of sp³-hybridized carbons (Fsp3) is 0.778. The Kier molecular flexibility index (Phi) is 4.59. The summed E-state index contributed by atoms with van der Waals surface area (Å²) in [4.78, 5) is 11.7. The van der Waals surface area contributed by atoms with Gasteiger partial charge in [-0.2, -0.15) is 9.40 Å². The van der Waals surface area contributed by atoms with Crippen molar-refractivity contribution in [1.82, 2.24) is 19.4 Å². The van der Waals surface area contributed by atoms with Gasteiger partial charge in [0, 0.05) is 26.3 Å². The van der Waals surface area contributed by atoms with E-state index < -0.39 is 10.0 Å². The van der Waals surface area contributed by atoms with E-state index >= 15 is 0 Å². The van der Waals surface area contributed by atoms with Crippen molar-refractivity contribution in [2.75, 3.05) is 25.9 Å². The predicted molar refractivity (Wildman–Crippen MR) is 98.3 cm³/mol. The Hall–Kier alpha value is -1.41. The Bertz CT molecular complexity index is 780. The van der Waals surface area contributed by atoms with Crippen LogP contribution >= 0.6 is 0 Å². The minimum absolute atomic E-state index is 0.00524. The van der Waals surface area contributed by atoms with Gasteiger partial charge in [-0.25, -0.2) is 8.42 Å². The second-order valence-electron chi connectivity index (χ2n) is 8.32. The molecule has 0 radical (unpaired) electrons. The zero-order valence-corrected chi connectivity index (χ0v) is 16.2. The second kappa shape index (κ2) is 6.64. The average molecular weight is 381 g/mol. The zero-order chi connectivity index (χ0) is 18.4. The van der Waals surface area contributed by atoms with E-state index in [4.69, 9.17) is 0 Å². The van der Waals surface area contributed by atoms with Crippen molar-refractivity contribution < 1.29 is 13.2 Å². The Morgan fingerprint density at radius 3 is 2.77 bits per heavy atom. The highest BCUT2D eigenvalue weighted by Crippen LogP contribution is 2.54. The van der Waals surface area contributed by atoms with E-state index in [-0.39, 0.29) is 17.4 Å². The molecule has 1 aliphatic heterocycles. The Labute approximate surface area is 155 Å². The van der Waals surface area contributed by atoms with Crippen LogP contribution in [0.1, 0.15) is 61.5 Å². The van der Waals surface area contributed by atoms with Gasteiger partial charge in [0.15, 0.2) is 0 Å². The quantitative estimate of drug-likeness (QED) is 0.844. The van der Waals surface area contributed by atoms with Crippen LogP contribution in [0, 0.1) is 11.3 Å². The molecule has 0 unspecified atom stereocenters. The maximum Gasteiger partial charge on any atom is 0.271 e. The highest BCUT2D eigenvalue weighted by molar-refractivity contribution is 7.89. The van der Waals surface area contributed by atoms with Gasteiger partial charge >= 0.3 is 0 Å². The fourth-order valence-electron chi connectivity index (χ4n) is 5.17. The SMILES string of the molecule is CNC(=O)c1ccn([C@H]2CCCN(S(=O)(=O)CC34CCC(CC3)C4)C2)n1. The lowest BCUT2D eigenvalue weighted by Gasteiger charge is -2.35. The standard InChI is InChI=1S/C18H28N4O3S/c1-19-17(23)16-6-10-22(20-16)15-3-2-9-21(12-15)26(24,25)13-18-7-4-14(11-18)5-8-18/h6,10,14-15H,2-5,7-9,11-13H2,1H3,(H,19,23)/t14?,15-,18?/m0/s1. The lowest BCUT2D eigenvalue weighted by molar-refractivity contribution is 0.0956. The minimum Gasteiger partial charge on any atom is -0.354 e. The van der Waals surface area contributed by atoms with E-state index in [1.54, 1.807) is 28.3 Å². The predicted octanol–water partition coefficient (Wildman–Crippen LogP) is 1.79. The van der Waals surface area contributed by atoms with Gasteiger partial charge < -0.3 is 5.32 Å². The molecule has 1 amide bonds. The van der Waals surface area contributed by atoms with E-state index in [1.165, 1.54) is 12.8 Å². The number of rotatable bonds is 5. The van der Waals surface area contributed by atoms with Gasteiger partial charge in [0.25, 0.3) is 5.91 Å². The molecule has 2 aliphatic carbocycles. The molecule has 3 aliphatic rings. The first-order valence-electron chi connectivity index (χ1n) is 9.66. The van der Waals surface area contributed by atoms with Gasteiger partial charge in [0.05, 0.1) is 11.8 Å². The molecule has 2 saturated carbocycles. The van der Waals surface area contributed by atoms with Gasteiger partial charge in [0.1, 0.15) is 5.69 Å². The van der Waals surface area contributed by atoms with Crippen LogP contribution in [0.4, 0.5) is 0 Å². The van der Waals surface area contributed by atoms with Gasteiger partial charge in [-0.15, -0.1) is 0 Å². The van der Waals surface area contributed by atoms with Crippen LogP contribution in [0.3, 0.4) is 0 Å². The zero-order valence-electron chi connectivity index (χ0n) is 15.4. The van der Waals surface area contributed by atoms with Crippen LogP contribution < -0.4 is 5.32 Å². The summed E-state index contributed by atoms with van der Waals surface area (Å²) in [6.07, 6.45) is 9.14. The highest BCUT2D eigenvalue weighted by Gasteiger charge is 2.48. The number of nitrogens with one attached hydrogen (secondary N) is 1. The van der Waals surface area contributed by atoms with Crippen molar-refractivity contribution in [1.29, 1.82) is 0 Å². The molecule has 0 aromatic carbocycles. The van der Waals surface area contributed by atoms with E-state index in [2.05, 4.69) is 10.4 Å². The summed E-state index contributed by atoms with van der Waals surface area (Å²) in [5.74, 6) is 0.845. The molecule has 7 nitrogen and oxygen atoms in total. The molecule has 8 heteroatoms. The van der Waals surface area contributed by atoms with Crippen molar-refractivity contribution in [3.05, 3.63) is 18.0 Å². The van der Waals surface area contributed by atoms with E-state index in [0.29, 0.717) is 24.5 Å². The van der Waals surface area contributed by atoms with Crippen LogP contribution in [0.5, 0.6) is 0 Å². The molecule has 144 valence electrons. The maximum atomic E-state index is 13.1. The van der Waals surface area contributed by atoms with E-state index in [1.807, 2.05) is 0 Å². The molecule has 2 bridgehead atoms. The monoisotopic (exact) mass is 380 g/mol. The normalized spacial score (nSPS) is 32.0. The molecule has 4 rings (SSSR count). The lowest BCUT2D eigenvalue weighted by Crippen LogP contribution is -2.44. The second-order valence-corrected chi connectivity index (χ2v) is 10.3. The number of amides is 1. The number of fused-ring (bicyclic) bond motifs is 2. The van der Waals surface area contributed by atoms with Gasteiger partial charge in [-0.1, -0.05) is 0 Å². The summed E-state index contributed by atoms with van der Waals surface area (Å²) in [6, 6.07) is 1.68. The number of sulfonamides is 1. The third kappa shape index (κ3) is 3.29. The summed E-state index contributed by atoms with van der Waals surface area (Å²) in [7, 11) is -1.68. The van der Waals surface area contributed by atoms with Crippen LogP contribution in [0.25, 0.3) is 0 Å². The molecule has 1 aromatic rings. The maximum absolute atomic E-state index is 13.1. The molecule has 1 N–H and O–H groups in total. The van der Waals surface area contributed by atoms with Gasteiger partial charge in [-0.05, 0) is 62.3 Å². The lowest BCUT2D eigenvalue weighted by atomic mass is 9.87. The van der Waals surface area contributed by atoms with Crippen molar-refractivity contribution in [3.63, 3.8) is 0 Å². The molecule has 2 heterocycles. The van der Waals surface area contributed by atoms with Crippen molar-refractivity contribution >= 4 is 15.9 Å². The Morgan fingerprint density at radius 1 is 1.35 bits per heavy atom. The smallest absolute Gasteiger partial charge is 0.271 e. The number of hydrogen-bond acceptors (Lipinski definition) is 4. The Morgan fingerprint density at radius 2 is 2.12 bits per heavy atom.